The van der Waals surface area contributed by atoms with Gasteiger partial charge in [-0.05, 0) is 26.0 Å². The van der Waals surface area contributed by atoms with Crippen LogP contribution in [0.4, 0.5) is 11.1 Å². The van der Waals surface area contributed by atoms with Crippen molar-refractivity contribution in [3.05, 3.63) is 41.6 Å². The molecule has 10 heteroatoms. The molecule has 0 fully saturated rings. The maximum absolute atomic E-state index is 11.7. The number of rotatable bonds is 6. The van der Waals surface area contributed by atoms with Gasteiger partial charge in [0.2, 0.25) is 16.0 Å². The molecule has 0 saturated heterocycles. The molecule has 7 nitrogen and oxygen atoms in total. The first-order valence-corrected chi connectivity index (χ1v) is 11.1. The van der Waals surface area contributed by atoms with E-state index in [1.165, 1.54) is 11.3 Å². The zero-order valence-corrected chi connectivity index (χ0v) is 17.3. The van der Waals surface area contributed by atoms with Crippen LogP contribution in [0.2, 0.25) is 5.02 Å². The van der Waals surface area contributed by atoms with Crippen LogP contribution in [0.25, 0.3) is 21.8 Å². The zero-order chi connectivity index (χ0) is 19.6. The summed E-state index contributed by atoms with van der Waals surface area (Å²) in [4.78, 5) is 13.8. The van der Waals surface area contributed by atoms with E-state index in [0.717, 1.165) is 16.3 Å². The molecule has 0 aliphatic heterocycles. The van der Waals surface area contributed by atoms with Crippen molar-refractivity contribution >= 4 is 44.0 Å². The predicted octanol–water partition coefficient (Wildman–Crippen LogP) is 4.11. The fourth-order valence-electron chi connectivity index (χ4n) is 2.30. The van der Waals surface area contributed by atoms with E-state index in [1.807, 2.05) is 32.0 Å². The van der Waals surface area contributed by atoms with Crippen molar-refractivity contribution in [2.45, 2.75) is 19.9 Å². The Morgan fingerprint density at radius 1 is 1.15 bits per heavy atom. The molecule has 3 aromatic rings. The monoisotopic (exact) mass is 423 g/mol. The molecule has 142 valence electrons. The summed E-state index contributed by atoms with van der Waals surface area (Å²) in [6.07, 6.45) is 2.74. The molecule has 0 radical (unpaired) electrons. The molecular weight excluding hydrogens is 406 g/mol. The summed E-state index contributed by atoms with van der Waals surface area (Å²) < 4.78 is 25.6. The third-order valence-electron chi connectivity index (χ3n) is 3.32. The van der Waals surface area contributed by atoms with Crippen molar-refractivity contribution in [1.82, 2.24) is 15.0 Å². The Morgan fingerprint density at radius 2 is 1.85 bits per heavy atom. The van der Waals surface area contributed by atoms with Crippen molar-refractivity contribution in [3.63, 3.8) is 0 Å². The van der Waals surface area contributed by atoms with E-state index in [-0.39, 0.29) is 12.0 Å². The van der Waals surface area contributed by atoms with Crippen molar-refractivity contribution < 1.29 is 8.42 Å². The van der Waals surface area contributed by atoms with Crippen LogP contribution in [0.15, 0.2) is 36.5 Å². The lowest BCUT2D eigenvalue weighted by atomic mass is 10.1. The van der Waals surface area contributed by atoms with Gasteiger partial charge in [0.15, 0.2) is 5.13 Å². The molecule has 0 atom stereocenters. The van der Waals surface area contributed by atoms with E-state index in [9.17, 15) is 8.42 Å². The van der Waals surface area contributed by atoms with Gasteiger partial charge < -0.3 is 5.32 Å². The van der Waals surface area contributed by atoms with Gasteiger partial charge in [0.25, 0.3) is 0 Å². The fraction of sp³-hybridized carbons (Fsp3) is 0.235. The molecule has 27 heavy (non-hydrogen) atoms. The van der Waals surface area contributed by atoms with Gasteiger partial charge in [-0.15, -0.1) is 0 Å². The van der Waals surface area contributed by atoms with Gasteiger partial charge >= 0.3 is 0 Å². The molecule has 0 aliphatic carbocycles. The topological polar surface area (TPSA) is 96.9 Å². The number of anilines is 2. The van der Waals surface area contributed by atoms with Crippen LogP contribution >= 0.6 is 22.9 Å². The third-order valence-corrected chi connectivity index (χ3v) is 5.16. The minimum atomic E-state index is -3.53. The Morgan fingerprint density at radius 3 is 2.52 bits per heavy atom. The summed E-state index contributed by atoms with van der Waals surface area (Å²) in [6.45, 7) is 4.05. The second kappa shape index (κ2) is 7.79. The Hall–Kier alpha value is -2.23. The summed E-state index contributed by atoms with van der Waals surface area (Å²) in [5, 5.41) is 4.51. The van der Waals surface area contributed by atoms with Crippen molar-refractivity contribution in [3.8, 4) is 21.8 Å². The highest BCUT2D eigenvalue weighted by atomic mass is 35.5. The number of hydrogen-bond acceptors (Lipinski definition) is 7. The summed E-state index contributed by atoms with van der Waals surface area (Å²) in [6, 6.07) is 9.23. The Balaban J connectivity index is 2.10. The van der Waals surface area contributed by atoms with Gasteiger partial charge in [0, 0.05) is 22.8 Å². The molecule has 2 aromatic heterocycles. The number of benzene rings is 1. The molecule has 2 N–H and O–H groups in total. The van der Waals surface area contributed by atoms with Crippen molar-refractivity contribution in [2.75, 3.05) is 16.3 Å². The van der Waals surface area contributed by atoms with E-state index >= 15 is 0 Å². The van der Waals surface area contributed by atoms with E-state index in [1.54, 1.807) is 18.3 Å². The fourth-order valence-corrected chi connectivity index (χ4v) is 3.88. The Kier molecular flexibility index (Phi) is 5.64. The largest absolute Gasteiger partial charge is 0.359 e. The van der Waals surface area contributed by atoms with Crippen LogP contribution in [0, 0.1) is 0 Å². The van der Waals surface area contributed by atoms with Gasteiger partial charge in [-0.25, -0.2) is 23.4 Å². The molecular formula is C17H18ClN5O2S2. The maximum Gasteiger partial charge on any atom is 0.237 e. The number of nitrogens with zero attached hydrogens (tertiary/aromatic N) is 3. The molecule has 0 spiro atoms. The van der Waals surface area contributed by atoms with Gasteiger partial charge in [-0.3, -0.25) is 4.72 Å². The van der Waals surface area contributed by atoms with Crippen molar-refractivity contribution in [1.29, 1.82) is 0 Å². The summed E-state index contributed by atoms with van der Waals surface area (Å²) >= 11 is 7.71. The zero-order valence-electron chi connectivity index (χ0n) is 14.9. The Bertz CT molecular complexity index is 1070. The molecule has 0 unspecified atom stereocenters. The highest BCUT2D eigenvalue weighted by Crippen LogP contribution is 2.33. The second-order valence-corrected chi connectivity index (χ2v) is 9.33. The van der Waals surface area contributed by atoms with Crippen LogP contribution in [-0.2, 0) is 10.0 Å². The number of nitrogens with one attached hydrogen (secondary N) is 2. The number of thiazole rings is 1. The smallest absolute Gasteiger partial charge is 0.237 e. The lowest BCUT2D eigenvalue weighted by Crippen LogP contribution is -2.13. The minimum Gasteiger partial charge on any atom is -0.359 e. The first-order valence-electron chi connectivity index (χ1n) is 8.06. The second-order valence-electron chi connectivity index (χ2n) is 6.14. The summed E-state index contributed by atoms with van der Waals surface area (Å²) in [5.74, 6) is -0.0170. The van der Waals surface area contributed by atoms with Crippen LogP contribution in [0.5, 0.6) is 0 Å². The van der Waals surface area contributed by atoms with Crippen molar-refractivity contribution in [2.24, 2.45) is 0 Å². The standard InChI is InChI=1S/C17H18ClN5O2S2/c1-10(2)20-17-19-9-15(26-17)14-8-13(11-6-4-5-7-12(11)18)21-16(22-14)23-27(3,24)25/h4-10H,1-3H3,(H,19,20)(H,21,22,23). The molecule has 0 bridgehead atoms. The van der Waals surface area contributed by atoms with Crippen LogP contribution < -0.4 is 10.0 Å². The third kappa shape index (κ3) is 5.15. The number of hydrogen-bond donors (Lipinski definition) is 2. The normalized spacial score (nSPS) is 11.6. The summed E-state index contributed by atoms with van der Waals surface area (Å²) in [5.41, 5.74) is 1.76. The molecule has 1 aromatic carbocycles. The number of aromatic nitrogens is 3. The number of halogens is 1. The average molecular weight is 424 g/mol. The van der Waals surface area contributed by atoms with Crippen LogP contribution in [-0.4, -0.2) is 35.7 Å². The molecule has 0 amide bonds. The highest BCUT2D eigenvalue weighted by molar-refractivity contribution is 7.91. The molecule has 2 heterocycles. The minimum absolute atomic E-state index is 0.0170. The predicted molar refractivity (Wildman–Crippen MR) is 111 cm³/mol. The number of sulfonamides is 1. The molecule has 0 aliphatic rings. The van der Waals surface area contributed by atoms with Crippen LogP contribution in [0.3, 0.4) is 0 Å². The highest BCUT2D eigenvalue weighted by Gasteiger charge is 2.15. The van der Waals surface area contributed by atoms with E-state index in [4.69, 9.17) is 11.6 Å². The van der Waals surface area contributed by atoms with Gasteiger partial charge in [-0.1, -0.05) is 41.1 Å². The summed E-state index contributed by atoms with van der Waals surface area (Å²) in [7, 11) is -3.53. The van der Waals surface area contributed by atoms with Gasteiger partial charge in [-0.2, -0.15) is 0 Å². The first-order chi connectivity index (χ1) is 12.7. The maximum atomic E-state index is 11.7. The molecule has 0 saturated carbocycles. The average Bonchev–Trinajstić information content (AvgIpc) is 3.01. The van der Waals surface area contributed by atoms with E-state index in [0.29, 0.717) is 22.0 Å². The van der Waals surface area contributed by atoms with E-state index in [2.05, 4.69) is 25.0 Å². The first kappa shape index (κ1) is 19.5. The van der Waals surface area contributed by atoms with Gasteiger partial charge in [0.1, 0.15) is 0 Å². The quantitative estimate of drug-likeness (QED) is 0.619. The Labute approximate surface area is 166 Å². The SMILES string of the molecule is CC(C)Nc1ncc(-c2cc(-c3ccccc3Cl)nc(NS(C)(=O)=O)n2)s1. The lowest BCUT2D eigenvalue weighted by Gasteiger charge is -2.09. The van der Waals surface area contributed by atoms with Crippen LogP contribution in [0.1, 0.15) is 13.8 Å². The van der Waals surface area contributed by atoms with Gasteiger partial charge in [0.05, 0.1) is 22.5 Å². The molecule has 3 rings (SSSR count). The lowest BCUT2D eigenvalue weighted by molar-refractivity contribution is 0.606. The van der Waals surface area contributed by atoms with E-state index < -0.39 is 10.0 Å².